The molecule has 0 heterocycles. The van der Waals surface area contributed by atoms with E-state index < -0.39 is 6.67 Å². The molecule has 0 bridgehead atoms. The van der Waals surface area contributed by atoms with E-state index in [-0.39, 0.29) is 0 Å². The van der Waals surface area contributed by atoms with Crippen molar-refractivity contribution in [3.8, 4) is 0 Å². The number of benzene rings is 1. The Morgan fingerprint density at radius 3 is 2.38 bits per heavy atom. The van der Waals surface area contributed by atoms with Gasteiger partial charge in [0.2, 0.25) is 0 Å². The fourth-order valence-electron chi connectivity index (χ4n) is 1.91. The Kier molecular flexibility index (Phi) is 4.05. The molecule has 1 aromatic rings. The van der Waals surface area contributed by atoms with Crippen LogP contribution in [0.25, 0.3) is 5.57 Å². The van der Waals surface area contributed by atoms with Gasteiger partial charge < -0.3 is 0 Å². The molecule has 0 unspecified atom stereocenters. The number of rotatable bonds is 3. The van der Waals surface area contributed by atoms with E-state index in [9.17, 15) is 4.39 Å². The zero-order chi connectivity index (χ0) is 12.3. The van der Waals surface area contributed by atoms with Gasteiger partial charge in [-0.1, -0.05) is 30.4 Å². The third-order valence-corrected chi connectivity index (χ3v) is 2.93. The first-order valence-electron chi connectivity index (χ1n) is 5.47. The molecular formula is C15H19F. The maximum Gasteiger partial charge on any atom is 0.111 e. The number of allylic oxidation sites excluding steroid dienone is 3. The summed E-state index contributed by atoms with van der Waals surface area (Å²) >= 11 is 0. The Balaban J connectivity index is 3.45. The van der Waals surface area contributed by atoms with E-state index in [4.69, 9.17) is 0 Å². The molecule has 0 aromatic heterocycles. The number of hydrogen-bond donors (Lipinski definition) is 0. The predicted octanol–water partition coefficient (Wildman–Crippen LogP) is 4.62. The molecule has 1 aromatic carbocycles. The quantitative estimate of drug-likeness (QED) is 0.649. The van der Waals surface area contributed by atoms with Gasteiger partial charge in [0.25, 0.3) is 0 Å². The van der Waals surface area contributed by atoms with Crippen LogP contribution >= 0.6 is 0 Å². The molecule has 0 atom stereocenters. The third-order valence-electron chi connectivity index (χ3n) is 2.93. The summed E-state index contributed by atoms with van der Waals surface area (Å²) < 4.78 is 12.8. The van der Waals surface area contributed by atoms with Gasteiger partial charge in [-0.25, -0.2) is 4.39 Å². The minimum absolute atomic E-state index is 0.421. The smallest absolute Gasteiger partial charge is 0.111 e. The molecule has 0 spiro atoms. The van der Waals surface area contributed by atoms with Gasteiger partial charge in [0, 0.05) is 0 Å². The molecule has 0 amide bonds. The highest BCUT2D eigenvalue weighted by atomic mass is 19.1. The van der Waals surface area contributed by atoms with Gasteiger partial charge in [0.1, 0.15) is 6.67 Å². The lowest BCUT2D eigenvalue weighted by molar-refractivity contribution is 0.544. The van der Waals surface area contributed by atoms with Crippen LogP contribution in [0.5, 0.6) is 0 Å². The fraction of sp³-hybridized carbons (Fsp3) is 0.333. The van der Waals surface area contributed by atoms with Crippen LogP contribution in [-0.2, 0) is 0 Å². The van der Waals surface area contributed by atoms with Crippen LogP contribution in [0.2, 0.25) is 0 Å². The number of halogens is 1. The molecule has 0 saturated heterocycles. The summed E-state index contributed by atoms with van der Waals surface area (Å²) in [5.41, 5.74) is 6.16. The predicted molar refractivity (Wildman–Crippen MR) is 69.3 cm³/mol. The molecule has 0 N–H and O–H groups in total. The highest BCUT2D eigenvalue weighted by molar-refractivity contribution is 5.82. The van der Waals surface area contributed by atoms with Crippen molar-refractivity contribution in [2.24, 2.45) is 0 Å². The van der Waals surface area contributed by atoms with Crippen molar-refractivity contribution in [1.29, 1.82) is 0 Å². The van der Waals surface area contributed by atoms with E-state index in [1.165, 1.54) is 11.1 Å². The van der Waals surface area contributed by atoms with Gasteiger partial charge >= 0.3 is 0 Å². The first-order valence-corrected chi connectivity index (χ1v) is 5.47. The van der Waals surface area contributed by atoms with Crippen LogP contribution in [0.3, 0.4) is 0 Å². The number of hydrogen-bond acceptors (Lipinski definition) is 0. The second-order valence-electron chi connectivity index (χ2n) is 4.32. The fourth-order valence-corrected chi connectivity index (χ4v) is 1.91. The van der Waals surface area contributed by atoms with Crippen molar-refractivity contribution in [1.82, 2.24) is 0 Å². The normalized spacial score (nSPS) is 12.3. The molecule has 16 heavy (non-hydrogen) atoms. The lowest BCUT2D eigenvalue weighted by Crippen LogP contribution is -1.97. The molecule has 0 nitrogen and oxygen atoms in total. The topological polar surface area (TPSA) is 0 Å². The molecule has 0 radical (unpaired) electrons. The minimum Gasteiger partial charge on any atom is -0.246 e. The Hall–Kier alpha value is -1.37. The Labute approximate surface area is 97.5 Å². The van der Waals surface area contributed by atoms with E-state index in [1.807, 2.05) is 26.0 Å². The zero-order valence-corrected chi connectivity index (χ0v) is 10.5. The van der Waals surface area contributed by atoms with Crippen LogP contribution in [-0.4, -0.2) is 6.67 Å². The summed E-state index contributed by atoms with van der Waals surface area (Å²) in [5, 5.41) is 0. The summed E-state index contributed by atoms with van der Waals surface area (Å²) in [7, 11) is 0. The first-order chi connectivity index (χ1) is 7.49. The summed E-state index contributed by atoms with van der Waals surface area (Å²) in [4.78, 5) is 0. The standard InChI is InChI=1S/C15H19F/c1-10(2)15(12(4)9-16)14-8-6-7-11(3)13(14)5/h6-8H,1,9H2,2-5H3/b15-12-. The molecule has 1 heteroatoms. The van der Waals surface area contributed by atoms with Gasteiger partial charge in [-0.3, -0.25) is 0 Å². The molecule has 86 valence electrons. The Morgan fingerprint density at radius 1 is 1.25 bits per heavy atom. The van der Waals surface area contributed by atoms with Gasteiger partial charge in [-0.2, -0.15) is 0 Å². The second kappa shape index (κ2) is 5.11. The highest BCUT2D eigenvalue weighted by Crippen LogP contribution is 2.29. The van der Waals surface area contributed by atoms with Crippen molar-refractivity contribution >= 4 is 5.57 Å². The van der Waals surface area contributed by atoms with Gasteiger partial charge in [-0.05, 0) is 55.5 Å². The maximum absolute atomic E-state index is 12.8. The van der Waals surface area contributed by atoms with Crippen LogP contribution in [0, 0.1) is 13.8 Å². The van der Waals surface area contributed by atoms with Crippen molar-refractivity contribution in [3.63, 3.8) is 0 Å². The SMILES string of the molecule is C=C(C)/C(=C(\C)CF)c1cccc(C)c1C. The largest absolute Gasteiger partial charge is 0.246 e. The van der Waals surface area contributed by atoms with E-state index in [0.29, 0.717) is 0 Å². The van der Waals surface area contributed by atoms with E-state index in [0.717, 1.165) is 22.3 Å². The molecule has 0 aliphatic heterocycles. The van der Waals surface area contributed by atoms with Gasteiger partial charge in [0.05, 0.1) is 0 Å². The van der Waals surface area contributed by atoms with Gasteiger partial charge in [-0.15, -0.1) is 0 Å². The van der Waals surface area contributed by atoms with Crippen molar-refractivity contribution in [2.45, 2.75) is 27.7 Å². The maximum atomic E-state index is 12.8. The lowest BCUT2D eigenvalue weighted by atomic mass is 9.90. The van der Waals surface area contributed by atoms with Crippen LogP contribution in [0.4, 0.5) is 4.39 Å². The molecule has 0 aliphatic carbocycles. The number of alkyl halides is 1. The van der Waals surface area contributed by atoms with Gasteiger partial charge in [0.15, 0.2) is 0 Å². The molecular weight excluding hydrogens is 199 g/mol. The minimum atomic E-state index is -0.421. The number of aryl methyl sites for hydroxylation is 1. The summed E-state index contributed by atoms with van der Waals surface area (Å²) in [5.74, 6) is 0. The Bertz CT molecular complexity index is 439. The lowest BCUT2D eigenvalue weighted by Gasteiger charge is -2.15. The average molecular weight is 218 g/mol. The van der Waals surface area contributed by atoms with Crippen molar-refractivity contribution in [2.75, 3.05) is 6.67 Å². The Morgan fingerprint density at radius 2 is 1.88 bits per heavy atom. The van der Waals surface area contributed by atoms with E-state index in [2.05, 4.69) is 26.5 Å². The molecule has 0 aliphatic rings. The highest BCUT2D eigenvalue weighted by Gasteiger charge is 2.10. The first kappa shape index (κ1) is 12.7. The van der Waals surface area contributed by atoms with Crippen LogP contribution < -0.4 is 0 Å². The summed E-state index contributed by atoms with van der Waals surface area (Å²) in [6, 6.07) is 6.11. The molecule has 0 saturated carbocycles. The third kappa shape index (κ3) is 2.41. The van der Waals surface area contributed by atoms with Crippen molar-refractivity contribution < 1.29 is 4.39 Å². The van der Waals surface area contributed by atoms with Crippen molar-refractivity contribution in [3.05, 3.63) is 52.6 Å². The molecule has 0 fully saturated rings. The average Bonchev–Trinajstić information content (AvgIpc) is 2.24. The van der Waals surface area contributed by atoms with E-state index in [1.54, 1.807) is 0 Å². The van der Waals surface area contributed by atoms with E-state index >= 15 is 0 Å². The second-order valence-corrected chi connectivity index (χ2v) is 4.32. The summed E-state index contributed by atoms with van der Waals surface area (Å²) in [6.07, 6.45) is 0. The summed E-state index contributed by atoms with van der Waals surface area (Å²) in [6.45, 7) is 11.4. The molecule has 1 rings (SSSR count). The monoisotopic (exact) mass is 218 g/mol. The van der Waals surface area contributed by atoms with Crippen LogP contribution in [0.1, 0.15) is 30.5 Å². The van der Waals surface area contributed by atoms with Crippen LogP contribution in [0.15, 0.2) is 35.9 Å². The zero-order valence-electron chi connectivity index (χ0n) is 10.5.